The maximum absolute atomic E-state index is 5.90. The molecular weight excluding hydrogens is 232 g/mol. The molecule has 0 aliphatic carbocycles. The molecule has 0 saturated heterocycles. The second-order valence-corrected chi connectivity index (χ2v) is 4.88. The lowest BCUT2D eigenvalue weighted by molar-refractivity contribution is 0.644. The Morgan fingerprint density at radius 2 is 2.29 bits per heavy atom. The number of aromatic nitrogens is 3. The standard InChI is InChI=1S/C12H16N4S/c1-2-10(13)7-9-3-4-11(16-8-9)17-12-14-5-6-15-12/h3-6,8,10H,2,7,13H2,1H3,(H,14,15). The quantitative estimate of drug-likeness (QED) is 0.851. The van der Waals surface area contributed by atoms with Crippen molar-refractivity contribution in [3.8, 4) is 0 Å². The summed E-state index contributed by atoms with van der Waals surface area (Å²) in [5.41, 5.74) is 7.09. The van der Waals surface area contributed by atoms with Gasteiger partial charge in [0.25, 0.3) is 0 Å². The number of rotatable bonds is 5. The van der Waals surface area contributed by atoms with Gasteiger partial charge in [-0.05, 0) is 36.2 Å². The first kappa shape index (κ1) is 12.1. The molecule has 2 heterocycles. The Morgan fingerprint density at radius 1 is 1.41 bits per heavy atom. The monoisotopic (exact) mass is 248 g/mol. The van der Waals surface area contributed by atoms with Crippen LogP contribution in [0.2, 0.25) is 0 Å². The molecule has 0 radical (unpaired) electrons. The van der Waals surface area contributed by atoms with Crippen molar-refractivity contribution >= 4 is 11.8 Å². The van der Waals surface area contributed by atoms with Crippen molar-refractivity contribution in [3.63, 3.8) is 0 Å². The van der Waals surface area contributed by atoms with Crippen LogP contribution in [-0.4, -0.2) is 21.0 Å². The fraction of sp³-hybridized carbons (Fsp3) is 0.333. The van der Waals surface area contributed by atoms with Crippen LogP contribution in [0.4, 0.5) is 0 Å². The van der Waals surface area contributed by atoms with Crippen LogP contribution in [0.15, 0.2) is 40.9 Å². The van der Waals surface area contributed by atoms with Gasteiger partial charge in [0.2, 0.25) is 0 Å². The predicted molar refractivity (Wildman–Crippen MR) is 68.9 cm³/mol. The highest BCUT2D eigenvalue weighted by Gasteiger charge is 2.04. The molecule has 1 unspecified atom stereocenters. The van der Waals surface area contributed by atoms with E-state index in [2.05, 4.69) is 27.9 Å². The zero-order chi connectivity index (χ0) is 12.1. The lowest BCUT2D eigenvalue weighted by Crippen LogP contribution is -2.21. The minimum atomic E-state index is 0.223. The zero-order valence-corrected chi connectivity index (χ0v) is 10.6. The van der Waals surface area contributed by atoms with Crippen LogP contribution in [-0.2, 0) is 6.42 Å². The minimum absolute atomic E-state index is 0.223. The fourth-order valence-corrected chi connectivity index (χ4v) is 2.12. The number of pyridine rings is 1. The van der Waals surface area contributed by atoms with Crippen LogP contribution in [0.5, 0.6) is 0 Å². The first-order valence-electron chi connectivity index (χ1n) is 5.65. The highest BCUT2D eigenvalue weighted by atomic mass is 32.2. The molecule has 1 atom stereocenters. The van der Waals surface area contributed by atoms with E-state index in [-0.39, 0.29) is 6.04 Å². The minimum Gasteiger partial charge on any atom is -0.339 e. The van der Waals surface area contributed by atoms with Gasteiger partial charge in [0.15, 0.2) is 5.16 Å². The van der Waals surface area contributed by atoms with Gasteiger partial charge in [0, 0.05) is 24.6 Å². The van der Waals surface area contributed by atoms with E-state index in [1.54, 1.807) is 12.4 Å². The van der Waals surface area contributed by atoms with Crippen LogP contribution in [0.3, 0.4) is 0 Å². The molecule has 0 aliphatic rings. The van der Waals surface area contributed by atoms with Crippen molar-refractivity contribution in [2.45, 2.75) is 36.0 Å². The lowest BCUT2D eigenvalue weighted by atomic mass is 10.1. The Morgan fingerprint density at radius 3 is 2.88 bits per heavy atom. The molecule has 0 bridgehead atoms. The summed E-state index contributed by atoms with van der Waals surface area (Å²) in [7, 11) is 0. The van der Waals surface area contributed by atoms with Crippen LogP contribution in [0, 0.1) is 0 Å². The summed E-state index contributed by atoms with van der Waals surface area (Å²) in [5, 5.41) is 1.80. The fourth-order valence-electron chi connectivity index (χ4n) is 1.44. The first-order valence-corrected chi connectivity index (χ1v) is 6.47. The first-order chi connectivity index (χ1) is 8.28. The van der Waals surface area contributed by atoms with Crippen LogP contribution < -0.4 is 5.73 Å². The molecule has 2 aromatic heterocycles. The Balaban J connectivity index is 1.98. The molecule has 17 heavy (non-hydrogen) atoms. The van der Waals surface area contributed by atoms with Crippen molar-refractivity contribution < 1.29 is 0 Å². The van der Waals surface area contributed by atoms with Crippen molar-refractivity contribution in [2.75, 3.05) is 0 Å². The molecule has 0 aliphatic heterocycles. The second kappa shape index (κ2) is 5.84. The highest BCUT2D eigenvalue weighted by molar-refractivity contribution is 7.99. The molecule has 4 nitrogen and oxygen atoms in total. The number of hydrogen-bond donors (Lipinski definition) is 2. The molecule has 0 amide bonds. The lowest BCUT2D eigenvalue weighted by Gasteiger charge is -2.08. The summed E-state index contributed by atoms with van der Waals surface area (Å²) in [4.78, 5) is 11.6. The van der Waals surface area contributed by atoms with Gasteiger partial charge in [-0.3, -0.25) is 0 Å². The van der Waals surface area contributed by atoms with E-state index in [0.717, 1.165) is 23.0 Å². The van der Waals surface area contributed by atoms with Gasteiger partial charge in [-0.15, -0.1) is 0 Å². The maximum Gasteiger partial charge on any atom is 0.171 e. The second-order valence-electron chi connectivity index (χ2n) is 3.87. The normalized spacial score (nSPS) is 12.6. The van der Waals surface area contributed by atoms with Crippen molar-refractivity contribution in [3.05, 3.63) is 36.3 Å². The maximum atomic E-state index is 5.90. The van der Waals surface area contributed by atoms with Gasteiger partial charge in [-0.1, -0.05) is 13.0 Å². The molecule has 0 fully saturated rings. The van der Waals surface area contributed by atoms with Gasteiger partial charge in [0.1, 0.15) is 5.03 Å². The van der Waals surface area contributed by atoms with Gasteiger partial charge in [0.05, 0.1) is 0 Å². The highest BCUT2D eigenvalue weighted by Crippen LogP contribution is 2.22. The Kier molecular flexibility index (Phi) is 4.17. The van der Waals surface area contributed by atoms with Gasteiger partial charge in [-0.2, -0.15) is 0 Å². The number of hydrogen-bond acceptors (Lipinski definition) is 4. The van der Waals surface area contributed by atoms with E-state index < -0.39 is 0 Å². The molecule has 0 aromatic carbocycles. The van der Waals surface area contributed by atoms with Crippen molar-refractivity contribution in [1.82, 2.24) is 15.0 Å². The van der Waals surface area contributed by atoms with Crippen LogP contribution in [0.1, 0.15) is 18.9 Å². The summed E-state index contributed by atoms with van der Waals surface area (Å²) in [6.45, 7) is 2.10. The average molecular weight is 248 g/mol. The van der Waals surface area contributed by atoms with E-state index in [1.165, 1.54) is 17.3 Å². The molecule has 3 N–H and O–H groups in total. The van der Waals surface area contributed by atoms with Crippen molar-refractivity contribution in [2.24, 2.45) is 5.73 Å². The molecule has 2 aromatic rings. The molecule has 90 valence electrons. The van der Waals surface area contributed by atoms with E-state index in [9.17, 15) is 0 Å². The van der Waals surface area contributed by atoms with E-state index in [4.69, 9.17) is 5.73 Å². The molecule has 5 heteroatoms. The number of nitrogens with one attached hydrogen (secondary N) is 1. The third-order valence-corrected chi connectivity index (χ3v) is 3.36. The summed E-state index contributed by atoms with van der Waals surface area (Å²) < 4.78 is 0. The number of H-pyrrole nitrogens is 1. The average Bonchev–Trinajstić information content (AvgIpc) is 2.84. The van der Waals surface area contributed by atoms with Gasteiger partial charge in [-0.25, -0.2) is 9.97 Å². The molecule has 0 spiro atoms. The third kappa shape index (κ3) is 3.57. The van der Waals surface area contributed by atoms with Crippen LogP contribution >= 0.6 is 11.8 Å². The molecular formula is C12H16N4S. The summed E-state index contributed by atoms with van der Waals surface area (Å²) in [6.07, 6.45) is 7.30. The number of aromatic amines is 1. The summed E-state index contributed by atoms with van der Waals surface area (Å²) in [6, 6.07) is 4.30. The van der Waals surface area contributed by atoms with Gasteiger partial charge < -0.3 is 10.7 Å². The SMILES string of the molecule is CCC(N)Cc1ccc(Sc2ncc[nH]2)nc1. The molecule has 2 rings (SSSR count). The summed E-state index contributed by atoms with van der Waals surface area (Å²) in [5.74, 6) is 0. The van der Waals surface area contributed by atoms with Gasteiger partial charge >= 0.3 is 0 Å². The Bertz CT molecular complexity index is 438. The smallest absolute Gasteiger partial charge is 0.171 e. The van der Waals surface area contributed by atoms with E-state index in [1.807, 2.05) is 12.3 Å². The zero-order valence-electron chi connectivity index (χ0n) is 9.76. The van der Waals surface area contributed by atoms with Crippen molar-refractivity contribution in [1.29, 1.82) is 0 Å². The summed E-state index contributed by atoms with van der Waals surface area (Å²) >= 11 is 1.52. The largest absolute Gasteiger partial charge is 0.339 e. The third-order valence-electron chi connectivity index (χ3n) is 2.49. The van der Waals surface area contributed by atoms with Crippen LogP contribution in [0.25, 0.3) is 0 Å². The predicted octanol–water partition coefficient (Wildman–Crippen LogP) is 2.24. The Hall–Kier alpha value is -1.33. The number of imidazole rings is 1. The molecule has 0 saturated carbocycles. The van der Waals surface area contributed by atoms with E-state index >= 15 is 0 Å². The Labute approximate surface area is 105 Å². The topological polar surface area (TPSA) is 67.6 Å². The number of nitrogens with zero attached hydrogens (tertiary/aromatic N) is 2. The number of nitrogens with two attached hydrogens (primary N) is 1. The van der Waals surface area contributed by atoms with E-state index in [0.29, 0.717) is 0 Å².